The van der Waals surface area contributed by atoms with Crippen molar-refractivity contribution in [2.45, 2.75) is 40.3 Å². The molecule has 0 heterocycles. The molecule has 0 unspecified atom stereocenters. The molecule has 0 fully saturated rings. The first-order valence-corrected chi connectivity index (χ1v) is 4.83. The summed E-state index contributed by atoms with van der Waals surface area (Å²) in [5, 5.41) is 0. The molecule has 0 aromatic rings. The molecule has 14 heavy (non-hydrogen) atoms. The Hall–Kier alpha value is -1.03. The van der Waals surface area contributed by atoms with Crippen molar-refractivity contribution in [3.05, 3.63) is 23.3 Å². The molecule has 0 aliphatic rings. The van der Waals surface area contributed by atoms with E-state index in [1.807, 2.05) is 19.9 Å². The predicted molar refractivity (Wildman–Crippen MR) is 60.7 cm³/mol. The summed E-state index contributed by atoms with van der Waals surface area (Å²) < 4.78 is 13.4. The summed E-state index contributed by atoms with van der Waals surface area (Å²) >= 11 is 0. The third kappa shape index (κ3) is 4.28. The Bertz CT molecular complexity index is 279. The van der Waals surface area contributed by atoms with Crippen molar-refractivity contribution in [1.29, 1.82) is 0 Å². The molecule has 0 nitrogen and oxygen atoms in total. The SMILES string of the molecule is C#C/C(=C\C=C(/C)C(C)(C)F)C(C)C. The standard InChI is InChI=1S/C13H19F/c1-7-12(10(2)3)9-8-11(4)13(5,6)14/h1,8-10H,2-6H3/b11-8+,12-9+. The molecule has 1 heteroatoms. The maximum atomic E-state index is 13.4. The number of hydrogen-bond donors (Lipinski definition) is 0. The van der Waals surface area contributed by atoms with Crippen LogP contribution in [-0.4, -0.2) is 5.67 Å². The van der Waals surface area contributed by atoms with Gasteiger partial charge in [-0.3, -0.25) is 0 Å². The van der Waals surface area contributed by atoms with Crippen LogP contribution in [0.15, 0.2) is 23.3 Å². The average Bonchev–Trinajstić information content (AvgIpc) is 2.02. The van der Waals surface area contributed by atoms with Crippen LogP contribution in [0.5, 0.6) is 0 Å². The predicted octanol–water partition coefficient (Wildman–Crippen LogP) is 3.90. The van der Waals surface area contributed by atoms with Gasteiger partial charge in [0.2, 0.25) is 0 Å². The minimum Gasteiger partial charge on any atom is -0.240 e. The van der Waals surface area contributed by atoms with Crippen molar-refractivity contribution in [2.24, 2.45) is 5.92 Å². The van der Waals surface area contributed by atoms with E-state index >= 15 is 0 Å². The van der Waals surface area contributed by atoms with Crippen LogP contribution in [0.2, 0.25) is 0 Å². The minimum absolute atomic E-state index is 0.312. The Morgan fingerprint density at radius 1 is 1.36 bits per heavy atom. The largest absolute Gasteiger partial charge is 0.240 e. The zero-order chi connectivity index (χ0) is 11.4. The van der Waals surface area contributed by atoms with Crippen LogP contribution in [0, 0.1) is 18.3 Å². The number of terminal acetylenes is 1. The van der Waals surface area contributed by atoms with Crippen LogP contribution in [0.25, 0.3) is 0 Å². The molecule has 0 saturated heterocycles. The van der Waals surface area contributed by atoms with E-state index < -0.39 is 5.67 Å². The highest BCUT2D eigenvalue weighted by atomic mass is 19.1. The highest BCUT2D eigenvalue weighted by Gasteiger charge is 2.16. The zero-order valence-corrected chi connectivity index (χ0v) is 9.69. The van der Waals surface area contributed by atoms with E-state index in [0.29, 0.717) is 11.5 Å². The molecule has 0 aliphatic heterocycles. The molecule has 0 aliphatic carbocycles. The molecule has 0 aromatic heterocycles. The van der Waals surface area contributed by atoms with Gasteiger partial charge in [0.1, 0.15) is 5.67 Å². The molecule has 0 saturated carbocycles. The lowest BCUT2D eigenvalue weighted by Gasteiger charge is -2.14. The van der Waals surface area contributed by atoms with Gasteiger partial charge >= 0.3 is 0 Å². The number of alkyl halides is 1. The van der Waals surface area contributed by atoms with Gasteiger partial charge in [-0.2, -0.15) is 0 Å². The summed E-state index contributed by atoms with van der Waals surface area (Å²) in [6.45, 7) is 8.89. The van der Waals surface area contributed by atoms with E-state index in [1.165, 1.54) is 13.8 Å². The fraction of sp³-hybridized carbons (Fsp3) is 0.538. The van der Waals surface area contributed by atoms with Gasteiger partial charge in [0.15, 0.2) is 0 Å². The number of rotatable bonds is 3. The van der Waals surface area contributed by atoms with Gasteiger partial charge in [-0.25, -0.2) is 4.39 Å². The van der Waals surface area contributed by atoms with Crippen molar-refractivity contribution >= 4 is 0 Å². The molecule has 0 bridgehead atoms. The fourth-order valence-electron chi connectivity index (χ4n) is 0.820. The van der Waals surface area contributed by atoms with Gasteiger partial charge in [0.25, 0.3) is 0 Å². The zero-order valence-electron chi connectivity index (χ0n) is 9.69. The summed E-state index contributed by atoms with van der Waals surface area (Å²) in [6, 6.07) is 0. The highest BCUT2D eigenvalue weighted by molar-refractivity contribution is 5.32. The average molecular weight is 194 g/mol. The molecule has 0 radical (unpaired) electrons. The van der Waals surface area contributed by atoms with Crippen molar-refractivity contribution in [3.8, 4) is 12.3 Å². The van der Waals surface area contributed by atoms with E-state index in [1.54, 1.807) is 13.0 Å². The van der Waals surface area contributed by atoms with Gasteiger partial charge < -0.3 is 0 Å². The van der Waals surface area contributed by atoms with Crippen molar-refractivity contribution in [3.63, 3.8) is 0 Å². The number of halogens is 1. The van der Waals surface area contributed by atoms with Crippen LogP contribution in [0.4, 0.5) is 4.39 Å². The Labute approximate surface area is 86.9 Å². The first-order valence-electron chi connectivity index (χ1n) is 4.83. The van der Waals surface area contributed by atoms with E-state index in [0.717, 1.165) is 5.57 Å². The van der Waals surface area contributed by atoms with Gasteiger partial charge in [-0.05, 0) is 32.3 Å². The Kier molecular flexibility index (Phi) is 4.63. The minimum atomic E-state index is -1.27. The molecule has 0 amide bonds. The summed E-state index contributed by atoms with van der Waals surface area (Å²) in [7, 11) is 0. The molecular formula is C13H19F. The van der Waals surface area contributed by atoms with E-state index in [-0.39, 0.29) is 0 Å². The van der Waals surface area contributed by atoms with Gasteiger partial charge in [-0.15, -0.1) is 6.42 Å². The summed E-state index contributed by atoms with van der Waals surface area (Å²) in [6.07, 6.45) is 8.91. The lowest BCUT2D eigenvalue weighted by Crippen LogP contribution is -2.12. The van der Waals surface area contributed by atoms with Gasteiger partial charge in [0, 0.05) is 5.57 Å². The second kappa shape index (κ2) is 5.00. The molecule has 78 valence electrons. The first kappa shape index (κ1) is 13.0. The normalized spacial score (nSPS) is 14.4. The van der Waals surface area contributed by atoms with Crippen LogP contribution < -0.4 is 0 Å². The summed E-state index contributed by atoms with van der Waals surface area (Å²) in [5.74, 6) is 2.91. The Morgan fingerprint density at radius 3 is 2.14 bits per heavy atom. The van der Waals surface area contributed by atoms with Crippen molar-refractivity contribution < 1.29 is 4.39 Å². The first-order chi connectivity index (χ1) is 6.29. The molecular weight excluding hydrogens is 175 g/mol. The molecule has 0 spiro atoms. The molecule has 0 rings (SSSR count). The summed E-state index contributed by atoms with van der Waals surface area (Å²) in [4.78, 5) is 0. The Morgan fingerprint density at radius 2 is 1.86 bits per heavy atom. The summed E-state index contributed by atoms with van der Waals surface area (Å²) in [5.41, 5.74) is 0.312. The fourth-order valence-corrected chi connectivity index (χ4v) is 0.820. The van der Waals surface area contributed by atoms with Crippen molar-refractivity contribution in [2.75, 3.05) is 0 Å². The Balaban J connectivity index is 4.79. The molecule has 0 aromatic carbocycles. The van der Waals surface area contributed by atoms with Crippen molar-refractivity contribution in [1.82, 2.24) is 0 Å². The lowest BCUT2D eigenvalue weighted by molar-refractivity contribution is 0.268. The highest BCUT2D eigenvalue weighted by Crippen LogP contribution is 2.20. The third-order valence-corrected chi connectivity index (χ3v) is 2.24. The van der Waals surface area contributed by atoms with E-state index in [4.69, 9.17) is 6.42 Å². The number of hydrogen-bond acceptors (Lipinski definition) is 0. The maximum absolute atomic E-state index is 13.4. The topological polar surface area (TPSA) is 0 Å². The quantitative estimate of drug-likeness (QED) is 0.472. The maximum Gasteiger partial charge on any atom is 0.126 e. The van der Waals surface area contributed by atoms with Crippen LogP contribution >= 0.6 is 0 Å². The van der Waals surface area contributed by atoms with Crippen LogP contribution in [0.3, 0.4) is 0 Å². The smallest absolute Gasteiger partial charge is 0.126 e. The molecule has 0 N–H and O–H groups in total. The van der Waals surface area contributed by atoms with Gasteiger partial charge in [0.05, 0.1) is 0 Å². The van der Waals surface area contributed by atoms with E-state index in [9.17, 15) is 4.39 Å². The van der Waals surface area contributed by atoms with Crippen LogP contribution in [-0.2, 0) is 0 Å². The molecule has 0 atom stereocenters. The second-order valence-electron chi connectivity index (χ2n) is 4.24. The van der Waals surface area contributed by atoms with Gasteiger partial charge in [-0.1, -0.05) is 31.9 Å². The third-order valence-electron chi connectivity index (χ3n) is 2.24. The lowest BCUT2D eigenvalue weighted by atomic mass is 9.99. The van der Waals surface area contributed by atoms with E-state index in [2.05, 4.69) is 5.92 Å². The number of allylic oxidation sites excluding steroid dienone is 4. The second-order valence-corrected chi connectivity index (χ2v) is 4.24. The monoisotopic (exact) mass is 194 g/mol. The van der Waals surface area contributed by atoms with Crippen LogP contribution in [0.1, 0.15) is 34.6 Å².